The van der Waals surface area contributed by atoms with Crippen LogP contribution in [0, 0.1) is 17.8 Å². The molecule has 4 heteroatoms. The molecule has 1 fully saturated rings. The molecule has 126 valence electrons. The van der Waals surface area contributed by atoms with Gasteiger partial charge >= 0.3 is 0 Å². The number of aliphatic hydroxyl groups excluding tert-OH is 1. The first-order valence-corrected chi connectivity index (χ1v) is 12.2. The minimum atomic E-state index is -0.452. The molecule has 3 atom stereocenters. The lowest BCUT2D eigenvalue weighted by Crippen LogP contribution is -2.21. The first-order chi connectivity index (χ1) is 11.2. The second-order valence-corrected chi connectivity index (χ2v) is 9.25. The molecule has 0 spiro atoms. The van der Waals surface area contributed by atoms with Crippen LogP contribution in [-0.2, 0) is 23.4 Å². The first-order valence-electron chi connectivity index (χ1n) is 8.92. The molecule has 3 aliphatic carbocycles. The number of benzene rings is 1. The molecule has 0 amide bonds. The van der Waals surface area contributed by atoms with Crippen LogP contribution >= 0.6 is 30.4 Å². The van der Waals surface area contributed by atoms with Gasteiger partial charge in [0.2, 0.25) is 0 Å². The molecule has 0 aliphatic heterocycles. The lowest BCUT2D eigenvalue weighted by atomic mass is 9.75. The molecule has 0 aromatic heterocycles. The maximum Gasteiger partial charge on any atom is 0.107 e. The highest BCUT2D eigenvalue weighted by Gasteiger charge is 2.36. The second-order valence-electron chi connectivity index (χ2n) is 7.85. The third-order valence-electron chi connectivity index (χ3n) is 6.40. The predicted molar refractivity (Wildman–Crippen MR) is 104 cm³/mol. The SMILES string of the molecule is CC1CCC(C2Cc3cc4c(cc3C2)C(O)C(OSI)C4)CC1. The van der Waals surface area contributed by atoms with Crippen LogP contribution < -0.4 is 0 Å². The fraction of sp³-hybridized carbons (Fsp3) is 0.684. The van der Waals surface area contributed by atoms with Gasteiger partial charge < -0.3 is 5.11 Å². The number of halogens is 1. The van der Waals surface area contributed by atoms with Crippen LogP contribution in [-0.4, -0.2) is 11.2 Å². The maximum atomic E-state index is 10.5. The van der Waals surface area contributed by atoms with Crippen molar-refractivity contribution in [1.29, 1.82) is 0 Å². The Morgan fingerprint density at radius 2 is 1.70 bits per heavy atom. The van der Waals surface area contributed by atoms with Crippen molar-refractivity contribution >= 4 is 30.4 Å². The minimum Gasteiger partial charge on any atom is -0.386 e. The van der Waals surface area contributed by atoms with Crippen LogP contribution in [0.5, 0.6) is 0 Å². The predicted octanol–water partition coefficient (Wildman–Crippen LogP) is 5.20. The Balaban J connectivity index is 1.49. The van der Waals surface area contributed by atoms with E-state index in [9.17, 15) is 5.11 Å². The van der Waals surface area contributed by atoms with Crippen molar-refractivity contribution in [2.24, 2.45) is 17.8 Å². The van der Waals surface area contributed by atoms with Crippen LogP contribution in [0.25, 0.3) is 0 Å². The zero-order valence-corrected chi connectivity index (χ0v) is 16.6. The largest absolute Gasteiger partial charge is 0.386 e. The van der Waals surface area contributed by atoms with Gasteiger partial charge in [-0.25, -0.2) is 0 Å². The highest BCUT2D eigenvalue weighted by atomic mass is 127. The van der Waals surface area contributed by atoms with E-state index in [0.29, 0.717) is 0 Å². The van der Waals surface area contributed by atoms with E-state index in [1.807, 2.05) is 0 Å². The summed E-state index contributed by atoms with van der Waals surface area (Å²) in [5, 5.41) is 10.5. The van der Waals surface area contributed by atoms with E-state index in [1.165, 1.54) is 58.9 Å². The molecule has 0 saturated heterocycles. The third-order valence-corrected chi connectivity index (χ3v) is 7.35. The Morgan fingerprint density at radius 3 is 2.39 bits per heavy atom. The molecule has 2 nitrogen and oxygen atoms in total. The summed E-state index contributed by atoms with van der Waals surface area (Å²) in [7, 11) is 1.33. The maximum absolute atomic E-state index is 10.5. The third kappa shape index (κ3) is 3.21. The molecular weight excluding hydrogens is 419 g/mol. The summed E-state index contributed by atoms with van der Waals surface area (Å²) in [5.41, 5.74) is 5.47. The van der Waals surface area contributed by atoms with E-state index in [-0.39, 0.29) is 6.10 Å². The van der Waals surface area contributed by atoms with E-state index in [2.05, 4.69) is 40.3 Å². The van der Waals surface area contributed by atoms with E-state index in [0.717, 1.165) is 29.7 Å². The van der Waals surface area contributed by atoms with Gasteiger partial charge in [-0.1, -0.05) is 31.9 Å². The van der Waals surface area contributed by atoms with Gasteiger partial charge in [0.15, 0.2) is 0 Å². The Bertz CT molecular complexity index is 583. The molecule has 1 aromatic rings. The van der Waals surface area contributed by atoms with Gasteiger partial charge in [-0.3, -0.25) is 4.18 Å². The van der Waals surface area contributed by atoms with Gasteiger partial charge in [0.1, 0.15) is 12.2 Å². The molecular formula is C19H25IO2S. The molecule has 3 unspecified atom stereocenters. The lowest BCUT2D eigenvalue weighted by molar-refractivity contribution is 0.0645. The summed E-state index contributed by atoms with van der Waals surface area (Å²) in [4.78, 5) is 0. The van der Waals surface area contributed by atoms with Gasteiger partial charge in [0, 0.05) is 27.6 Å². The van der Waals surface area contributed by atoms with Gasteiger partial charge in [0.05, 0.1) is 9.21 Å². The van der Waals surface area contributed by atoms with Crippen molar-refractivity contribution < 1.29 is 9.29 Å². The van der Waals surface area contributed by atoms with E-state index < -0.39 is 6.10 Å². The van der Waals surface area contributed by atoms with E-state index in [1.54, 1.807) is 5.56 Å². The van der Waals surface area contributed by atoms with Crippen LogP contribution in [0.2, 0.25) is 0 Å². The minimum absolute atomic E-state index is 0.0787. The highest BCUT2D eigenvalue weighted by Crippen LogP contribution is 2.44. The molecule has 0 heterocycles. The zero-order chi connectivity index (χ0) is 16.0. The molecule has 1 aromatic carbocycles. The van der Waals surface area contributed by atoms with Crippen LogP contribution in [0.1, 0.15) is 61.0 Å². The van der Waals surface area contributed by atoms with Crippen molar-refractivity contribution in [2.75, 3.05) is 0 Å². The van der Waals surface area contributed by atoms with Crippen molar-refractivity contribution in [2.45, 2.75) is 64.1 Å². The smallest absolute Gasteiger partial charge is 0.107 e. The summed E-state index contributed by atoms with van der Waals surface area (Å²) in [6, 6.07) is 4.67. The van der Waals surface area contributed by atoms with Gasteiger partial charge in [0.25, 0.3) is 0 Å². The second kappa shape index (κ2) is 6.85. The summed E-state index contributed by atoms with van der Waals surface area (Å²) in [5.74, 6) is 2.70. The van der Waals surface area contributed by atoms with E-state index in [4.69, 9.17) is 4.18 Å². The van der Waals surface area contributed by atoms with E-state index >= 15 is 0 Å². The Hall–Kier alpha value is 0.220. The molecule has 23 heavy (non-hydrogen) atoms. The summed E-state index contributed by atoms with van der Waals surface area (Å²) in [6.07, 6.45) is 8.48. The van der Waals surface area contributed by atoms with Gasteiger partial charge in [-0.2, -0.15) is 0 Å². The Kier molecular flexibility index (Phi) is 4.97. The molecule has 0 radical (unpaired) electrons. The van der Waals surface area contributed by atoms with Crippen LogP contribution in [0.4, 0.5) is 0 Å². The summed E-state index contributed by atoms with van der Waals surface area (Å²) >= 11 is 2.13. The number of hydrogen-bond donors (Lipinski definition) is 1. The first kappa shape index (κ1) is 16.7. The van der Waals surface area contributed by atoms with Gasteiger partial charge in [-0.15, -0.1) is 0 Å². The highest BCUT2D eigenvalue weighted by molar-refractivity contribution is 14.2. The molecule has 3 aliphatic rings. The van der Waals surface area contributed by atoms with Crippen molar-refractivity contribution in [1.82, 2.24) is 0 Å². The standard InChI is InChI=1S/C19H25IO2S/c1-11-2-4-12(5-3-11)13-6-14-8-16-10-18(22-23-20)19(21)17(16)9-15(14)7-13/h8-9,11-13,18-19,21H,2-7,10H2,1H3. The number of aliphatic hydroxyl groups is 1. The number of fused-ring (bicyclic) bond motifs is 2. The quantitative estimate of drug-likeness (QED) is 0.514. The summed E-state index contributed by atoms with van der Waals surface area (Å²) in [6.45, 7) is 2.40. The zero-order valence-electron chi connectivity index (χ0n) is 13.6. The Labute approximate surface area is 155 Å². The van der Waals surface area contributed by atoms with Crippen molar-refractivity contribution in [3.05, 3.63) is 34.4 Å². The van der Waals surface area contributed by atoms with Crippen molar-refractivity contribution in [3.8, 4) is 0 Å². The van der Waals surface area contributed by atoms with Gasteiger partial charge in [-0.05, 0) is 65.7 Å². The normalized spacial score (nSPS) is 36.0. The average Bonchev–Trinajstić information content (AvgIpc) is 3.08. The van der Waals surface area contributed by atoms with Crippen LogP contribution in [0.3, 0.4) is 0 Å². The average molecular weight is 444 g/mol. The topological polar surface area (TPSA) is 29.5 Å². The fourth-order valence-electron chi connectivity index (χ4n) is 4.98. The molecule has 0 bridgehead atoms. The van der Waals surface area contributed by atoms with Crippen LogP contribution in [0.15, 0.2) is 12.1 Å². The lowest BCUT2D eigenvalue weighted by Gasteiger charge is -2.30. The fourth-order valence-corrected chi connectivity index (χ4v) is 6.05. The molecule has 1 saturated carbocycles. The Morgan fingerprint density at radius 1 is 1.00 bits per heavy atom. The molecule has 1 N–H and O–H groups in total. The number of rotatable bonds is 3. The number of hydrogen-bond acceptors (Lipinski definition) is 3. The monoisotopic (exact) mass is 444 g/mol. The molecule has 4 rings (SSSR count). The van der Waals surface area contributed by atoms with Crippen molar-refractivity contribution in [3.63, 3.8) is 0 Å². The summed E-state index contributed by atoms with van der Waals surface area (Å²) < 4.78 is 5.61.